The highest BCUT2D eigenvalue weighted by molar-refractivity contribution is 6.00. The number of rotatable bonds is 1. The van der Waals surface area contributed by atoms with Crippen molar-refractivity contribution in [1.82, 2.24) is 0 Å². The molecule has 1 fully saturated rings. The van der Waals surface area contributed by atoms with E-state index in [4.69, 9.17) is 0 Å². The fourth-order valence-electron chi connectivity index (χ4n) is 3.32. The lowest BCUT2D eigenvalue weighted by Crippen LogP contribution is -2.39. The molecule has 0 amide bonds. The molecule has 1 spiro atoms. The number of methoxy groups -OCH3 is 1. The van der Waals surface area contributed by atoms with Crippen molar-refractivity contribution in [3.8, 4) is 0 Å². The third-order valence-electron chi connectivity index (χ3n) is 4.40. The predicted molar refractivity (Wildman–Crippen MR) is 71.5 cm³/mol. The molecule has 20 heavy (non-hydrogen) atoms. The monoisotopic (exact) mass is 274 g/mol. The number of Topliss-reactive ketones (excluding diaryl/α,β-unsaturated/α-hetero) is 1. The van der Waals surface area contributed by atoms with Crippen LogP contribution in [0.1, 0.15) is 30.4 Å². The highest BCUT2D eigenvalue weighted by Gasteiger charge is 2.45. The van der Waals surface area contributed by atoms with Gasteiger partial charge in [-0.05, 0) is 24.5 Å². The molecule has 1 aromatic carbocycles. The van der Waals surface area contributed by atoms with Crippen LogP contribution < -0.4 is 0 Å². The molecule has 0 N–H and O–H groups in total. The third kappa shape index (κ3) is 1.79. The molecule has 0 bridgehead atoms. The summed E-state index contributed by atoms with van der Waals surface area (Å²) in [6, 6.07) is 4.95. The Morgan fingerprint density at radius 3 is 2.95 bits per heavy atom. The molecule has 3 rings (SSSR count). The Labute approximate surface area is 116 Å². The summed E-state index contributed by atoms with van der Waals surface area (Å²) in [6.07, 6.45) is 5.00. The lowest BCUT2D eigenvalue weighted by molar-refractivity contribution is -0.151. The first-order valence-electron chi connectivity index (χ1n) is 6.66. The minimum absolute atomic E-state index is 0.120. The van der Waals surface area contributed by atoms with Crippen molar-refractivity contribution in [3.63, 3.8) is 0 Å². The Balaban J connectivity index is 1.93. The summed E-state index contributed by atoms with van der Waals surface area (Å²) in [5.74, 6) is -1.52. The van der Waals surface area contributed by atoms with Gasteiger partial charge in [-0.1, -0.05) is 24.3 Å². The zero-order chi connectivity index (χ0) is 14.3. The molecule has 0 aliphatic heterocycles. The number of fused-ring (bicyclic) bond motifs is 2. The Morgan fingerprint density at radius 2 is 2.25 bits per heavy atom. The van der Waals surface area contributed by atoms with Crippen molar-refractivity contribution < 1.29 is 18.7 Å². The Hall–Kier alpha value is -1.97. The Kier molecular flexibility index (Phi) is 2.96. The molecule has 1 saturated carbocycles. The molecule has 0 heterocycles. The molecule has 0 radical (unpaired) electrons. The molecule has 3 nitrogen and oxygen atoms in total. The zero-order valence-corrected chi connectivity index (χ0v) is 11.2. The summed E-state index contributed by atoms with van der Waals surface area (Å²) < 4.78 is 18.4. The van der Waals surface area contributed by atoms with Crippen molar-refractivity contribution in [3.05, 3.63) is 41.2 Å². The van der Waals surface area contributed by atoms with E-state index in [2.05, 4.69) is 4.74 Å². The van der Waals surface area contributed by atoms with Crippen LogP contribution in [0, 0.1) is 11.7 Å². The van der Waals surface area contributed by atoms with Gasteiger partial charge < -0.3 is 4.74 Å². The van der Waals surface area contributed by atoms with Crippen LogP contribution >= 0.6 is 0 Å². The molecule has 0 saturated heterocycles. The first-order valence-corrected chi connectivity index (χ1v) is 6.66. The van der Waals surface area contributed by atoms with Crippen molar-refractivity contribution in [2.45, 2.75) is 24.7 Å². The van der Waals surface area contributed by atoms with Crippen molar-refractivity contribution in [2.75, 3.05) is 7.11 Å². The number of allylic oxidation sites excluding steroid dienone is 1. The van der Waals surface area contributed by atoms with Crippen LogP contribution in [0.3, 0.4) is 0 Å². The molecule has 2 aliphatic rings. The van der Waals surface area contributed by atoms with Crippen LogP contribution in [0.5, 0.6) is 0 Å². The van der Waals surface area contributed by atoms with E-state index < -0.39 is 17.3 Å². The number of ketones is 1. The first kappa shape index (κ1) is 13.0. The fourth-order valence-corrected chi connectivity index (χ4v) is 3.32. The maximum Gasteiger partial charge on any atom is 0.316 e. The van der Waals surface area contributed by atoms with E-state index in [-0.39, 0.29) is 18.0 Å². The van der Waals surface area contributed by atoms with Crippen LogP contribution in [-0.2, 0) is 19.7 Å². The van der Waals surface area contributed by atoms with Crippen LogP contribution in [0.15, 0.2) is 24.3 Å². The average molecular weight is 274 g/mol. The van der Waals surface area contributed by atoms with Crippen LogP contribution in [-0.4, -0.2) is 18.9 Å². The van der Waals surface area contributed by atoms with Crippen molar-refractivity contribution in [2.24, 2.45) is 5.92 Å². The molecular formula is C16H15FO3. The summed E-state index contributed by atoms with van der Waals surface area (Å²) in [5.41, 5.74) is 0.977. The second-order valence-corrected chi connectivity index (χ2v) is 5.45. The second-order valence-electron chi connectivity index (χ2n) is 5.45. The molecule has 2 atom stereocenters. The highest BCUT2D eigenvalue weighted by atomic mass is 19.1. The van der Waals surface area contributed by atoms with E-state index in [1.165, 1.54) is 13.2 Å². The Morgan fingerprint density at radius 1 is 1.45 bits per heavy atom. The fraction of sp³-hybridized carbons (Fsp3) is 0.375. The summed E-state index contributed by atoms with van der Waals surface area (Å²) in [7, 11) is 1.29. The second kappa shape index (κ2) is 4.54. The van der Waals surface area contributed by atoms with Gasteiger partial charge in [0, 0.05) is 17.4 Å². The van der Waals surface area contributed by atoms with Crippen LogP contribution in [0.25, 0.3) is 6.08 Å². The predicted octanol–water partition coefficient (Wildman–Crippen LogP) is 2.63. The average Bonchev–Trinajstić information content (AvgIpc) is 2.79. The summed E-state index contributed by atoms with van der Waals surface area (Å²) in [5, 5.41) is 0. The summed E-state index contributed by atoms with van der Waals surface area (Å²) in [6.45, 7) is 0. The SMILES string of the molecule is COC(=O)C1CCC2(C=Cc3c(F)cccc32)CC1=O. The van der Waals surface area contributed by atoms with Gasteiger partial charge in [-0.3, -0.25) is 9.59 Å². The number of benzene rings is 1. The van der Waals surface area contributed by atoms with Gasteiger partial charge in [0.25, 0.3) is 0 Å². The maximum atomic E-state index is 13.8. The number of esters is 1. The smallest absolute Gasteiger partial charge is 0.316 e. The molecule has 4 heteroatoms. The van der Waals surface area contributed by atoms with Crippen LogP contribution in [0.4, 0.5) is 4.39 Å². The van der Waals surface area contributed by atoms with Gasteiger partial charge >= 0.3 is 5.97 Å². The third-order valence-corrected chi connectivity index (χ3v) is 4.40. The quantitative estimate of drug-likeness (QED) is 0.584. The largest absolute Gasteiger partial charge is 0.468 e. The molecule has 0 aromatic heterocycles. The van der Waals surface area contributed by atoms with Gasteiger partial charge in [0.15, 0.2) is 0 Å². The molecular weight excluding hydrogens is 259 g/mol. The van der Waals surface area contributed by atoms with E-state index in [1.54, 1.807) is 12.1 Å². The number of carbonyl (C=O) groups excluding carboxylic acids is 2. The normalized spacial score (nSPS) is 27.7. The molecule has 2 aliphatic carbocycles. The van der Waals surface area contributed by atoms with Gasteiger partial charge in [0.2, 0.25) is 0 Å². The number of halogens is 1. The summed E-state index contributed by atoms with van der Waals surface area (Å²) in [4.78, 5) is 23.8. The van der Waals surface area contributed by atoms with Gasteiger partial charge in [0.1, 0.15) is 17.5 Å². The number of ether oxygens (including phenoxy) is 1. The first-order chi connectivity index (χ1) is 9.57. The van der Waals surface area contributed by atoms with Gasteiger partial charge in [-0.25, -0.2) is 4.39 Å². The van der Waals surface area contributed by atoms with E-state index in [9.17, 15) is 14.0 Å². The Bertz CT molecular complexity index is 620. The molecule has 104 valence electrons. The zero-order valence-electron chi connectivity index (χ0n) is 11.2. The van der Waals surface area contributed by atoms with E-state index >= 15 is 0 Å². The maximum absolute atomic E-state index is 13.8. The minimum atomic E-state index is -0.670. The van der Waals surface area contributed by atoms with Gasteiger partial charge in [0.05, 0.1) is 7.11 Å². The van der Waals surface area contributed by atoms with Gasteiger partial charge in [-0.15, -0.1) is 0 Å². The number of carbonyl (C=O) groups is 2. The van der Waals surface area contributed by atoms with Crippen LogP contribution in [0.2, 0.25) is 0 Å². The number of hydrogen-bond donors (Lipinski definition) is 0. The van der Waals surface area contributed by atoms with Crippen molar-refractivity contribution in [1.29, 1.82) is 0 Å². The standard InChI is InChI=1S/C16H15FO3/c1-20-15(19)11-6-8-16(9-14(11)18)7-5-10-12(16)3-2-4-13(10)17/h2-5,7,11H,6,8-9H2,1H3. The van der Waals surface area contributed by atoms with Gasteiger partial charge in [-0.2, -0.15) is 0 Å². The van der Waals surface area contributed by atoms with E-state index in [1.807, 2.05) is 12.1 Å². The van der Waals surface area contributed by atoms with E-state index in [0.717, 1.165) is 5.56 Å². The van der Waals surface area contributed by atoms with E-state index in [0.29, 0.717) is 18.4 Å². The lowest BCUT2D eigenvalue weighted by atomic mass is 9.67. The lowest BCUT2D eigenvalue weighted by Gasteiger charge is -2.35. The highest BCUT2D eigenvalue weighted by Crippen LogP contribution is 2.47. The molecule has 2 unspecified atom stereocenters. The summed E-state index contributed by atoms with van der Waals surface area (Å²) >= 11 is 0. The topological polar surface area (TPSA) is 43.4 Å². The molecule has 1 aromatic rings. The van der Waals surface area contributed by atoms with Crippen molar-refractivity contribution >= 4 is 17.8 Å². The number of hydrogen-bond acceptors (Lipinski definition) is 3. The minimum Gasteiger partial charge on any atom is -0.468 e.